The first kappa shape index (κ1) is 13.0. The lowest BCUT2D eigenvalue weighted by molar-refractivity contribution is -0.132. The van der Waals surface area contributed by atoms with E-state index in [1.165, 1.54) is 16.7 Å². The van der Waals surface area contributed by atoms with Gasteiger partial charge in [-0.3, -0.25) is 9.59 Å². The highest BCUT2D eigenvalue weighted by molar-refractivity contribution is 5.96. The molecule has 0 aliphatic carbocycles. The minimum atomic E-state index is -0.146. The third-order valence-corrected chi connectivity index (χ3v) is 2.56. The molecule has 5 heteroatoms. The maximum absolute atomic E-state index is 11.8. The molecule has 1 aromatic carbocycles. The highest BCUT2D eigenvalue weighted by atomic mass is 16.2. The van der Waals surface area contributed by atoms with Crippen molar-refractivity contribution in [1.82, 2.24) is 4.90 Å². The molecule has 92 valence electrons. The molecule has 0 aliphatic heterocycles. The highest BCUT2D eigenvalue weighted by Gasteiger charge is 2.14. The summed E-state index contributed by atoms with van der Waals surface area (Å²) in [6.45, 7) is 1.49. The molecular weight excluding hydrogens is 218 g/mol. The van der Waals surface area contributed by atoms with Gasteiger partial charge in [-0.2, -0.15) is 0 Å². The minimum absolute atomic E-state index is 0.0657. The van der Waals surface area contributed by atoms with Crippen molar-refractivity contribution in [2.45, 2.75) is 6.92 Å². The van der Waals surface area contributed by atoms with Crippen LogP contribution in [0.25, 0.3) is 0 Å². The summed E-state index contributed by atoms with van der Waals surface area (Å²) < 4.78 is 0. The molecule has 0 saturated heterocycles. The van der Waals surface area contributed by atoms with Crippen LogP contribution in [0.15, 0.2) is 24.3 Å². The van der Waals surface area contributed by atoms with Crippen LogP contribution in [0, 0.1) is 0 Å². The molecule has 1 aromatic rings. The molecule has 17 heavy (non-hydrogen) atoms. The van der Waals surface area contributed by atoms with Crippen molar-refractivity contribution in [3.05, 3.63) is 24.3 Å². The maximum Gasteiger partial charge on any atom is 0.246 e. The van der Waals surface area contributed by atoms with Crippen LogP contribution in [0.4, 0.5) is 11.4 Å². The number of nitrogens with zero attached hydrogens (tertiary/aromatic N) is 2. The summed E-state index contributed by atoms with van der Waals surface area (Å²) >= 11 is 0. The van der Waals surface area contributed by atoms with Crippen LogP contribution in [-0.4, -0.2) is 37.4 Å². The zero-order valence-electron chi connectivity index (χ0n) is 10.3. The van der Waals surface area contributed by atoms with E-state index in [-0.39, 0.29) is 18.4 Å². The quantitative estimate of drug-likeness (QED) is 0.785. The van der Waals surface area contributed by atoms with E-state index in [0.717, 1.165) is 5.69 Å². The van der Waals surface area contributed by atoms with Gasteiger partial charge in [-0.1, -0.05) is 0 Å². The Kier molecular flexibility index (Phi) is 4.09. The summed E-state index contributed by atoms with van der Waals surface area (Å²) in [5, 5.41) is 0. The van der Waals surface area contributed by atoms with E-state index < -0.39 is 0 Å². The molecule has 2 N–H and O–H groups in total. The normalized spacial score (nSPS) is 9.82. The Labute approximate surface area is 101 Å². The predicted molar refractivity (Wildman–Crippen MR) is 67.6 cm³/mol. The third kappa shape index (κ3) is 3.48. The Morgan fingerprint density at radius 2 is 1.71 bits per heavy atom. The fraction of sp³-hybridized carbons (Fsp3) is 0.333. The summed E-state index contributed by atoms with van der Waals surface area (Å²) in [7, 11) is 3.26. The Balaban J connectivity index is 2.70. The number of carbonyl (C=O) groups is 2. The van der Waals surface area contributed by atoms with Gasteiger partial charge in [0.15, 0.2) is 0 Å². The number of nitrogens with two attached hydrogens (primary N) is 1. The molecule has 0 unspecified atom stereocenters. The second-order valence-corrected chi connectivity index (χ2v) is 3.92. The summed E-state index contributed by atoms with van der Waals surface area (Å²) in [6, 6.07) is 6.99. The second kappa shape index (κ2) is 5.34. The molecule has 0 saturated carbocycles. The first-order valence-corrected chi connectivity index (χ1v) is 5.25. The van der Waals surface area contributed by atoms with E-state index >= 15 is 0 Å². The van der Waals surface area contributed by atoms with Crippen LogP contribution in [-0.2, 0) is 9.59 Å². The molecule has 5 nitrogen and oxygen atoms in total. The zero-order chi connectivity index (χ0) is 13.0. The molecular formula is C12H17N3O2. The first-order chi connectivity index (χ1) is 7.91. The van der Waals surface area contributed by atoms with Gasteiger partial charge in [-0.15, -0.1) is 0 Å². The fourth-order valence-corrected chi connectivity index (χ4v) is 1.26. The largest absolute Gasteiger partial charge is 0.399 e. The van der Waals surface area contributed by atoms with E-state index in [1.54, 1.807) is 38.4 Å². The number of anilines is 2. The Morgan fingerprint density at radius 1 is 1.18 bits per heavy atom. The number of carbonyl (C=O) groups excluding carboxylic acids is 2. The average molecular weight is 235 g/mol. The second-order valence-electron chi connectivity index (χ2n) is 3.92. The van der Waals surface area contributed by atoms with Crippen molar-refractivity contribution in [3.63, 3.8) is 0 Å². The summed E-state index contributed by atoms with van der Waals surface area (Å²) in [5.41, 5.74) is 6.97. The number of hydrogen-bond donors (Lipinski definition) is 1. The van der Waals surface area contributed by atoms with Crippen LogP contribution in [0.5, 0.6) is 0 Å². The molecule has 0 atom stereocenters. The van der Waals surface area contributed by atoms with Gasteiger partial charge in [0.2, 0.25) is 11.8 Å². The predicted octanol–water partition coefficient (Wildman–Crippen LogP) is 0.710. The molecule has 0 radical (unpaired) electrons. The van der Waals surface area contributed by atoms with Gasteiger partial charge in [-0.05, 0) is 24.3 Å². The highest BCUT2D eigenvalue weighted by Crippen LogP contribution is 2.14. The Morgan fingerprint density at radius 3 is 2.18 bits per heavy atom. The Bertz CT molecular complexity index is 414. The molecule has 2 amide bonds. The smallest absolute Gasteiger partial charge is 0.246 e. The lowest BCUT2D eigenvalue weighted by Crippen LogP contribution is -2.38. The van der Waals surface area contributed by atoms with Gasteiger partial charge < -0.3 is 15.5 Å². The van der Waals surface area contributed by atoms with E-state index in [0.29, 0.717) is 5.69 Å². The number of likely N-dealkylation sites (N-methyl/N-ethyl adjacent to an activating group) is 2. The number of rotatable bonds is 3. The molecule has 0 spiro atoms. The van der Waals surface area contributed by atoms with E-state index in [1.807, 2.05) is 0 Å². The number of nitrogen functional groups attached to an aromatic ring is 1. The van der Waals surface area contributed by atoms with E-state index in [2.05, 4.69) is 0 Å². The monoisotopic (exact) mass is 235 g/mol. The van der Waals surface area contributed by atoms with Gasteiger partial charge in [0.1, 0.15) is 0 Å². The lowest BCUT2D eigenvalue weighted by Gasteiger charge is -2.21. The summed E-state index contributed by atoms with van der Waals surface area (Å²) in [4.78, 5) is 25.7. The molecule has 0 bridgehead atoms. The van der Waals surface area contributed by atoms with Crippen molar-refractivity contribution in [3.8, 4) is 0 Å². The SMILES string of the molecule is CC(=O)N(C)CC(=O)N(C)c1ccc(N)cc1. The van der Waals surface area contributed by atoms with Gasteiger partial charge in [0.05, 0.1) is 6.54 Å². The standard InChI is InChI=1S/C12H17N3O2/c1-9(16)14(2)8-12(17)15(3)11-6-4-10(13)5-7-11/h4-7H,8,13H2,1-3H3. The lowest BCUT2D eigenvalue weighted by atomic mass is 10.2. The van der Waals surface area contributed by atoms with Crippen molar-refractivity contribution in [2.24, 2.45) is 0 Å². The van der Waals surface area contributed by atoms with Gasteiger partial charge in [0, 0.05) is 32.4 Å². The number of benzene rings is 1. The zero-order valence-corrected chi connectivity index (χ0v) is 10.3. The van der Waals surface area contributed by atoms with Gasteiger partial charge >= 0.3 is 0 Å². The molecule has 0 fully saturated rings. The molecule has 0 aliphatic rings. The first-order valence-electron chi connectivity index (χ1n) is 5.25. The van der Waals surface area contributed by atoms with Crippen LogP contribution >= 0.6 is 0 Å². The van der Waals surface area contributed by atoms with Crippen LogP contribution in [0.3, 0.4) is 0 Å². The molecule has 0 heterocycles. The fourth-order valence-electron chi connectivity index (χ4n) is 1.26. The summed E-state index contributed by atoms with van der Waals surface area (Å²) in [5.74, 6) is -0.281. The van der Waals surface area contributed by atoms with Crippen molar-refractivity contribution in [1.29, 1.82) is 0 Å². The average Bonchev–Trinajstić information content (AvgIpc) is 2.28. The topological polar surface area (TPSA) is 66.6 Å². The van der Waals surface area contributed by atoms with Crippen LogP contribution in [0.2, 0.25) is 0 Å². The maximum atomic E-state index is 11.8. The van der Waals surface area contributed by atoms with Crippen LogP contribution in [0.1, 0.15) is 6.92 Å². The molecule has 0 aromatic heterocycles. The van der Waals surface area contributed by atoms with Crippen molar-refractivity contribution in [2.75, 3.05) is 31.3 Å². The van der Waals surface area contributed by atoms with Crippen LogP contribution < -0.4 is 10.6 Å². The van der Waals surface area contributed by atoms with Gasteiger partial charge in [0.25, 0.3) is 0 Å². The van der Waals surface area contributed by atoms with Crippen molar-refractivity contribution >= 4 is 23.2 Å². The van der Waals surface area contributed by atoms with Crippen molar-refractivity contribution < 1.29 is 9.59 Å². The van der Waals surface area contributed by atoms with Gasteiger partial charge in [-0.25, -0.2) is 0 Å². The summed E-state index contributed by atoms with van der Waals surface area (Å²) in [6.07, 6.45) is 0. The number of hydrogen-bond acceptors (Lipinski definition) is 3. The Hall–Kier alpha value is -2.04. The third-order valence-electron chi connectivity index (χ3n) is 2.56. The number of amides is 2. The van der Waals surface area contributed by atoms with E-state index in [9.17, 15) is 9.59 Å². The molecule has 1 rings (SSSR count). The van der Waals surface area contributed by atoms with E-state index in [4.69, 9.17) is 5.73 Å². The minimum Gasteiger partial charge on any atom is -0.399 e.